The number of hydrogen-bond acceptors (Lipinski definition) is 2. The minimum Gasteiger partial charge on any atom is -0.299 e. The van der Waals surface area contributed by atoms with Crippen molar-refractivity contribution in [2.24, 2.45) is 0 Å². The predicted molar refractivity (Wildman–Crippen MR) is 85.5 cm³/mol. The zero-order valence-corrected chi connectivity index (χ0v) is 11.2. The molecule has 0 unspecified atom stereocenters. The van der Waals surface area contributed by atoms with Crippen LogP contribution in [0.1, 0.15) is 0 Å². The molecule has 0 fully saturated rings. The van der Waals surface area contributed by atoms with Gasteiger partial charge in [-0.25, -0.2) is 4.98 Å². The Kier molecular flexibility index (Phi) is 1.95. The Labute approximate surface area is 120 Å². The molecule has 5 aromatic rings. The van der Waals surface area contributed by atoms with E-state index >= 15 is 0 Å². The monoisotopic (exact) mass is 269 g/mol. The van der Waals surface area contributed by atoms with Crippen LogP contribution in [0.2, 0.25) is 0 Å². The van der Waals surface area contributed by atoms with E-state index in [1.54, 1.807) is 0 Å². The molecule has 0 atom stereocenters. The molecule has 3 heteroatoms. The third-order valence-electron chi connectivity index (χ3n) is 4.06. The minimum atomic E-state index is 0.954. The number of fused-ring (bicyclic) bond motifs is 8. The number of nitrogens with zero attached hydrogens (tertiary/aromatic N) is 3. The molecule has 0 saturated heterocycles. The van der Waals surface area contributed by atoms with E-state index in [0.29, 0.717) is 0 Å². The maximum atomic E-state index is 4.59. The highest BCUT2D eigenvalue weighted by Crippen LogP contribution is 2.32. The summed E-state index contributed by atoms with van der Waals surface area (Å²) in [6.07, 6.45) is 5.84. The van der Waals surface area contributed by atoms with Crippen LogP contribution in [0.4, 0.5) is 0 Å². The SMILES string of the molecule is c1ccc2c(c1)cn1c3ncccc3c3ncccc3c21. The van der Waals surface area contributed by atoms with Crippen LogP contribution in [0.25, 0.3) is 38.2 Å². The summed E-state index contributed by atoms with van der Waals surface area (Å²) in [5, 5.41) is 4.71. The van der Waals surface area contributed by atoms with E-state index in [1.807, 2.05) is 24.5 Å². The van der Waals surface area contributed by atoms with E-state index in [1.165, 1.54) is 21.7 Å². The number of rotatable bonds is 0. The van der Waals surface area contributed by atoms with Gasteiger partial charge in [0.25, 0.3) is 0 Å². The van der Waals surface area contributed by atoms with Crippen molar-refractivity contribution in [2.45, 2.75) is 0 Å². The zero-order valence-electron chi connectivity index (χ0n) is 11.2. The summed E-state index contributed by atoms with van der Waals surface area (Å²) in [7, 11) is 0. The summed E-state index contributed by atoms with van der Waals surface area (Å²) >= 11 is 0. The maximum Gasteiger partial charge on any atom is 0.146 e. The van der Waals surface area contributed by atoms with Crippen LogP contribution in [0.15, 0.2) is 67.1 Å². The summed E-state index contributed by atoms with van der Waals surface area (Å²) in [6.45, 7) is 0. The molecule has 0 saturated carbocycles. The molecule has 0 aliphatic rings. The Morgan fingerprint density at radius 3 is 2.43 bits per heavy atom. The second-order valence-electron chi connectivity index (χ2n) is 5.21. The van der Waals surface area contributed by atoms with Crippen molar-refractivity contribution in [1.82, 2.24) is 14.4 Å². The van der Waals surface area contributed by atoms with Crippen molar-refractivity contribution in [3.8, 4) is 0 Å². The average molecular weight is 269 g/mol. The van der Waals surface area contributed by atoms with Crippen molar-refractivity contribution in [1.29, 1.82) is 0 Å². The summed E-state index contributed by atoms with van der Waals surface area (Å²) in [4.78, 5) is 9.17. The van der Waals surface area contributed by atoms with Gasteiger partial charge in [-0.1, -0.05) is 24.3 Å². The van der Waals surface area contributed by atoms with Gasteiger partial charge < -0.3 is 0 Å². The lowest BCUT2D eigenvalue weighted by Gasteiger charge is -2.07. The van der Waals surface area contributed by atoms with Gasteiger partial charge in [0.2, 0.25) is 0 Å². The summed E-state index contributed by atoms with van der Waals surface area (Å²) in [6, 6.07) is 16.6. The lowest BCUT2D eigenvalue weighted by Crippen LogP contribution is -1.93. The Morgan fingerprint density at radius 1 is 0.714 bits per heavy atom. The first-order chi connectivity index (χ1) is 10.4. The average Bonchev–Trinajstić information content (AvgIpc) is 2.95. The van der Waals surface area contributed by atoms with Gasteiger partial charge in [0.1, 0.15) is 5.65 Å². The number of pyridine rings is 3. The first-order valence-corrected chi connectivity index (χ1v) is 6.95. The topological polar surface area (TPSA) is 30.2 Å². The summed E-state index contributed by atoms with van der Waals surface area (Å²) in [5.74, 6) is 0. The Bertz CT molecular complexity index is 1140. The Hall–Kier alpha value is -2.94. The van der Waals surface area contributed by atoms with Crippen molar-refractivity contribution in [2.75, 3.05) is 0 Å². The Morgan fingerprint density at radius 2 is 1.48 bits per heavy atom. The molecule has 21 heavy (non-hydrogen) atoms. The highest BCUT2D eigenvalue weighted by Gasteiger charge is 2.12. The van der Waals surface area contributed by atoms with Gasteiger partial charge in [-0.2, -0.15) is 0 Å². The predicted octanol–water partition coefficient (Wildman–Crippen LogP) is 4.19. The molecule has 5 rings (SSSR count). The molecular weight excluding hydrogens is 258 g/mol. The van der Waals surface area contributed by atoms with Gasteiger partial charge >= 0.3 is 0 Å². The molecule has 0 radical (unpaired) electrons. The largest absolute Gasteiger partial charge is 0.299 e. The van der Waals surface area contributed by atoms with Gasteiger partial charge in [0.15, 0.2) is 0 Å². The molecule has 0 bridgehead atoms. The van der Waals surface area contributed by atoms with Crippen LogP contribution >= 0.6 is 0 Å². The first-order valence-electron chi connectivity index (χ1n) is 6.95. The number of benzene rings is 1. The smallest absolute Gasteiger partial charge is 0.146 e. The molecule has 1 aromatic carbocycles. The highest BCUT2D eigenvalue weighted by atomic mass is 15.0. The van der Waals surface area contributed by atoms with Crippen molar-refractivity contribution >= 4 is 38.2 Å². The van der Waals surface area contributed by atoms with Crippen LogP contribution in [0, 0.1) is 0 Å². The molecule has 4 heterocycles. The van der Waals surface area contributed by atoms with Gasteiger partial charge in [-0.15, -0.1) is 0 Å². The minimum absolute atomic E-state index is 0.954. The van der Waals surface area contributed by atoms with E-state index < -0.39 is 0 Å². The van der Waals surface area contributed by atoms with Gasteiger partial charge in [-0.3, -0.25) is 9.38 Å². The Balaban J connectivity index is 2.25. The third-order valence-corrected chi connectivity index (χ3v) is 4.06. The molecule has 0 N–H and O–H groups in total. The molecule has 0 spiro atoms. The number of aromatic nitrogens is 3. The molecular formula is C18H11N3. The molecule has 0 amide bonds. The van der Waals surface area contributed by atoms with Crippen LogP contribution in [-0.4, -0.2) is 14.4 Å². The highest BCUT2D eigenvalue weighted by molar-refractivity contribution is 6.17. The van der Waals surface area contributed by atoms with Crippen LogP contribution in [0.3, 0.4) is 0 Å². The fourth-order valence-electron chi connectivity index (χ4n) is 3.19. The van der Waals surface area contributed by atoms with E-state index in [-0.39, 0.29) is 0 Å². The van der Waals surface area contributed by atoms with Crippen molar-refractivity contribution in [3.63, 3.8) is 0 Å². The number of hydrogen-bond donors (Lipinski definition) is 0. The van der Waals surface area contributed by atoms with E-state index in [9.17, 15) is 0 Å². The quantitative estimate of drug-likeness (QED) is 0.395. The zero-order chi connectivity index (χ0) is 13.8. The first kappa shape index (κ1) is 10.8. The van der Waals surface area contributed by atoms with E-state index in [4.69, 9.17) is 0 Å². The molecule has 3 nitrogen and oxygen atoms in total. The normalized spacial score (nSPS) is 11.8. The van der Waals surface area contributed by atoms with E-state index in [0.717, 1.165) is 16.6 Å². The lowest BCUT2D eigenvalue weighted by atomic mass is 10.1. The molecule has 98 valence electrons. The summed E-state index contributed by atoms with van der Waals surface area (Å²) < 4.78 is 2.18. The molecule has 4 aromatic heterocycles. The fourth-order valence-corrected chi connectivity index (χ4v) is 3.19. The van der Waals surface area contributed by atoms with Crippen LogP contribution < -0.4 is 0 Å². The van der Waals surface area contributed by atoms with Crippen LogP contribution in [0.5, 0.6) is 0 Å². The molecule has 0 aliphatic heterocycles. The lowest BCUT2D eigenvalue weighted by molar-refractivity contribution is 1.21. The molecule has 0 aliphatic carbocycles. The van der Waals surface area contributed by atoms with Crippen molar-refractivity contribution < 1.29 is 0 Å². The van der Waals surface area contributed by atoms with Gasteiger partial charge in [0, 0.05) is 40.1 Å². The second kappa shape index (κ2) is 3.79. The maximum absolute atomic E-state index is 4.59. The van der Waals surface area contributed by atoms with E-state index in [2.05, 4.69) is 57.0 Å². The van der Waals surface area contributed by atoms with Gasteiger partial charge in [-0.05, 0) is 24.3 Å². The fraction of sp³-hybridized carbons (Fsp3) is 0. The van der Waals surface area contributed by atoms with Crippen molar-refractivity contribution in [3.05, 3.63) is 67.1 Å². The standard InChI is InChI=1S/C18H11N3/c1-2-6-13-12(5-1)11-21-17(13)14-7-3-9-19-16(14)15-8-4-10-20-18(15)21/h1-11H. The third kappa shape index (κ3) is 1.32. The van der Waals surface area contributed by atoms with Gasteiger partial charge in [0.05, 0.1) is 11.0 Å². The van der Waals surface area contributed by atoms with Crippen LogP contribution in [-0.2, 0) is 0 Å². The summed E-state index contributed by atoms with van der Waals surface area (Å²) in [5.41, 5.74) is 3.15. The second-order valence-corrected chi connectivity index (χ2v) is 5.21.